The average Bonchev–Trinajstić information content (AvgIpc) is 3.19. The second-order valence-electron chi connectivity index (χ2n) is 12.6. The molecule has 0 amide bonds. The Morgan fingerprint density at radius 1 is 1.08 bits per heavy atom. The number of hydrogen-bond acceptors (Lipinski definition) is 1. The molecular weight excluding hydrogens is 434 g/mol. The highest BCUT2D eigenvalue weighted by Crippen LogP contribution is 2.45. The van der Waals surface area contributed by atoms with Crippen LogP contribution in [0.5, 0.6) is 0 Å². The van der Waals surface area contributed by atoms with Gasteiger partial charge in [0.1, 0.15) is 0 Å². The first-order chi connectivity index (χ1) is 17.0. The van der Waals surface area contributed by atoms with Crippen LogP contribution in [-0.2, 0) is 0 Å². The molecule has 3 unspecified atom stereocenters. The number of aryl methyl sites for hydroxylation is 1. The summed E-state index contributed by atoms with van der Waals surface area (Å²) in [4.78, 5) is 0. The molecule has 0 spiro atoms. The van der Waals surface area contributed by atoms with Crippen molar-refractivity contribution in [2.24, 2.45) is 23.2 Å². The highest BCUT2D eigenvalue weighted by atomic mass is 14.9. The molecule has 0 heterocycles. The SMILES string of the molecule is C=C(NC1=CC(CC(C)(C)C)=C(C(C)C(=C)C2CCCCC2CCC)C1)c1cccc(C)c1.CCC. The molecule has 0 saturated heterocycles. The number of hydrogen-bond donors (Lipinski definition) is 1. The molecule has 0 radical (unpaired) electrons. The van der Waals surface area contributed by atoms with Gasteiger partial charge < -0.3 is 5.32 Å². The van der Waals surface area contributed by atoms with E-state index in [0.29, 0.717) is 11.8 Å². The highest BCUT2D eigenvalue weighted by molar-refractivity contribution is 5.64. The Hall–Kier alpha value is -2.02. The molecule has 1 aromatic rings. The lowest BCUT2D eigenvalue weighted by Crippen LogP contribution is -2.24. The van der Waals surface area contributed by atoms with Gasteiger partial charge in [0.05, 0.1) is 0 Å². The fourth-order valence-electron chi connectivity index (χ4n) is 5.98. The third kappa shape index (κ3) is 8.82. The normalized spacial score (nSPS) is 20.8. The van der Waals surface area contributed by atoms with Crippen LogP contribution >= 0.6 is 0 Å². The van der Waals surface area contributed by atoms with E-state index in [4.69, 9.17) is 6.58 Å². The molecule has 1 saturated carbocycles. The van der Waals surface area contributed by atoms with Crippen molar-refractivity contribution >= 4 is 5.70 Å². The van der Waals surface area contributed by atoms with Gasteiger partial charge in [-0.3, -0.25) is 0 Å². The maximum Gasteiger partial charge on any atom is 0.0382 e. The molecule has 36 heavy (non-hydrogen) atoms. The summed E-state index contributed by atoms with van der Waals surface area (Å²) in [5.74, 6) is 1.96. The van der Waals surface area contributed by atoms with E-state index in [1.165, 1.54) is 72.9 Å². The predicted octanol–water partition coefficient (Wildman–Crippen LogP) is 10.8. The van der Waals surface area contributed by atoms with Gasteiger partial charge in [0.15, 0.2) is 0 Å². The summed E-state index contributed by atoms with van der Waals surface area (Å²) in [7, 11) is 0. The van der Waals surface area contributed by atoms with E-state index in [9.17, 15) is 0 Å². The largest absolute Gasteiger partial charge is 0.359 e. The van der Waals surface area contributed by atoms with Gasteiger partial charge in [0, 0.05) is 17.8 Å². The van der Waals surface area contributed by atoms with E-state index in [1.54, 1.807) is 5.57 Å². The smallest absolute Gasteiger partial charge is 0.0382 e. The first-order valence-electron chi connectivity index (χ1n) is 14.6. The molecule has 0 bridgehead atoms. The van der Waals surface area contributed by atoms with Gasteiger partial charge in [-0.15, -0.1) is 0 Å². The van der Waals surface area contributed by atoms with Crippen LogP contribution in [0.4, 0.5) is 0 Å². The molecule has 1 heteroatoms. The third-order valence-electron chi connectivity index (χ3n) is 7.66. The second-order valence-corrected chi connectivity index (χ2v) is 12.6. The Kier molecular flexibility index (Phi) is 11.8. The fourth-order valence-corrected chi connectivity index (χ4v) is 5.98. The van der Waals surface area contributed by atoms with Gasteiger partial charge in [0.25, 0.3) is 0 Å². The summed E-state index contributed by atoms with van der Waals surface area (Å²) in [6.45, 7) is 27.3. The number of rotatable bonds is 9. The molecule has 0 aliphatic heterocycles. The van der Waals surface area contributed by atoms with Crippen molar-refractivity contribution in [3.63, 3.8) is 0 Å². The Morgan fingerprint density at radius 2 is 1.75 bits per heavy atom. The molecule has 2 aliphatic rings. The molecule has 2 aliphatic carbocycles. The van der Waals surface area contributed by atoms with Gasteiger partial charge in [-0.05, 0) is 72.6 Å². The summed E-state index contributed by atoms with van der Waals surface area (Å²) in [6, 6.07) is 8.59. The van der Waals surface area contributed by atoms with E-state index in [0.717, 1.165) is 24.5 Å². The molecule has 1 fully saturated rings. The summed E-state index contributed by atoms with van der Waals surface area (Å²) in [5.41, 5.74) is 9.55. The van der Waals surface area contributed by atoms with Crippen LogP contribution in [0.1, 0.15) is 117 Å². The van der Waals surface area contributed by atoms with E-state index in [-0.39, 0.29) is 5.41 Å². The van der Waals surface area contributed by atoms with Crippen LogP contribution in [-0.4, -0.2) is 0 Å². The van der Waals surface area contributed by atoms with Crippen LogP contribution in [0, 0.1) is 30.1 Å². The van der Waals surface area contributed by atoms with Gasteiger partial charge in [-0.1, -0.05) is 129 Å². The molecule has 1 N–H and O–H groups in total. The van der Waals surface area contributed by atoms with E-state index in [2.05, 4.69) is 97.6 Å². The average molecular weight is 490 g/mol. The zero-order valence-corrected chi connectivity index (χ0v) is 24.9. The van der Waals surface area contributed by atoms with Crippen LogP contribution in [0.25, 0.3) is 5.70 Å². The Labute approximate surface area is 224 Å². The van der Waals surface area contributed by atoms with Crippen molar-refractivity contribution in [3.8, 4) is 0 Å². The van der Waals surface area contributed by atoms with Crippen molar-refractivity contribution in [2.75, 3.05) is 0 Å². The standard InChI is InChI=1S/C32H47N.C3H8/c1-9-13-26-15-10-11-17-30(26)23(3)24(4)31-20-29(19-28(31)21-32(6,7)8)33-25(5)27-16-12-14-22(2)18-27;1-3-2/h12,14,16,18-19,24,26,30,33H,3,5,9-11,13,15,17,20-21H2,1-2,4,6-8H3;3H2,1-2H3. The summed E-state index contributed by atoms with van der Waals surface area (Å²) in [5, 5.41) is 3.67. The summed E-state index contributed by atoms with van der Waals surface area (Å²) in [6.07, 6.45) is 13.9. The zero-order chi connectivity index (χ0) is 26.9. The quantitative estimate of drug-likeness (QED) is 0.340. The minimum Gasteiger partial charge on any atom is -0.359 e. The number of allylic oxidation sites excluding steroid dienone is 4. The molecule has 1 aromatic carbocycles. The predicted molar refractivity (Wildman–Crippen MR) is 162 cm³/mol. The van der Waals surface area contributed by atoms with Crippen LogP contribution in [0.3, 0.4) is 0 Å². The summed E-state index contributed by atoms with van der Waals surface area (Å²) < 4.78 is 0. The monoisotopic (exact) mass is 489 g/mol. The molecule has 3 atom stereocenters. The Bertz CT molecular complexity index is 934. The maximum atomic E-state index is 4.73. The topological polar surface area (TPSA) is 12.0 Å². The Balaban J connectivity index is 0.00000145. The minimum absolute atomic E-state index is 0.261. The van der Waals surface area contributed by atoms with E-state index in [1.807, 2.05) is 0 Å². The molecule has 0 aromatic heterocycles. The van der Waals surface area contributed by atoms with Gasteiger partial charge in [-0.2, -0.15) is 0 Å². The van der Waals surface area contributed by atoms with Crippen LogP contribution in [0.15, 0.2) is 65.9 Å². The van der Waals surface area contributed by atoms with Crippen molar-refractivity contribution in [3.05, 3.63) is 77.0 Å². The Morgan fingerprint density at radius 3 is 2.36 bits per heavy atom. The van der Waals surface area contributed by atoms with Crippen molar-refractivity contribution in [2.45, 2.75) is 113 Å². The lowest BCUT2D eigenvalue weighted by molar-refractivity contribution is 0.245. The third-order valence-corrected chi connectivity index (χ3v) is 7.66. The van der Waals surface area contributed by atoms with Gasteiger partial charge >= 0.3 is 0 Å². The highest BCUT2D eigenvalue weighted by Gasteiger charge is 2.32. The molecule has 3 rings (SSSR count). The fraction of sp³-hybridized carbons (Fsp3) is 0.600. The minimum atomic E-state index is 0.261. The molecule has 200 valence electrons. The van der Waals surface area contributed by atoms with Crippen molar-refractivity contribution < 1.29 is 0 Å². The molecule has 1 nitrogen and oxygen atoms in total. The molecular formula is C35H55N. The first kappa shape index (κ1) is 30.2. The lowest BCUT2D eigenvalue weighted by Gasteiger charge is -2.36. The van der Waals surface area contributed by atoms with Crippen LogP contribution in [0.2, 0.25) is 0 Å². The van der Waals surface area contributed by atoms with Crippen molar-refractivity contribution in [1.82, 2.24) is 5.32 Å². The van der Waals surface area contributed by atoms with E-state index < -0.39 is 0 Å². The van der Waals surface area contributed by atoms with Gasteiger partial charge in [-0.25, -0.2) is 0 Å². The number of nitrogens with one attached hydrogen (secondary N) is 1. The first-order valence-corrected chi connectivity index (χ1v) is 14.6. The van der Waals surface area contributed by atoms with Crippen molar-refractivity contribution in [1.29, 1.82) is 0 Å². The van der Waals surface area contributed by atoms with E-state index >= 15 is 0 Å². The maximum absolute atomic E-state index is 4.73. The van der Waals surface area contributed by atoms with Crippen LogP contribution < -0.4 is 5.32 Å². The lowest BCUT2D eigenvalue weighted by atomic mass is 9.69. The van der Waals surface area contributed by atoms with Gasteiger partial charge in [0.2, 0.25) is 0 Å². The number of benzene rings is 1. The zero-order valence-electron chi connectivity index (χ0n) is 24.9. The second kappa shape index (κ2) is 14.1. The summed E-state index contributed by atoms with van der Waals surface area (Å²) >= 11 is 0.